The minimum absolute atomic E-state index is 0.120. The maximum atomic E-state index is 11.3. The number of ether oxygens (including phenoxy) is 1. The first-order valence-corrected chi connectivity index (χ1v) is 5.69. The first kappa shape index (κ1) is 12.3. The van der Waals surface area contributed by atoms with Crippen LogP contribution in [0.5, 0.6) is 5.75 Å². The van der Waals surface area contributed by atoms with Crippen molar-refractivity contribution in [3.63, 3.8) is 0 Å². The summed E-state index contributed by atoms with van der Waals surface area (Å²) in [4.78, 5) is 11.3. The zero-order chi connectivity index (χ0) is 11.3. The Morgan fingerprint density at radius 2 is 2.33 bits per heavy atom. The first-order valence-electron chi connectivity index (χ1n) is 4.36. The fourth-order valence-corrected chi connectivity index (χ4v) is 1.58. The van der Waals surface area contributed by atoms with Crippen LogP contribution in [-0.2, 0) is 4.79 Å². The van der Waals surface area contributed by atoms with Gasteiger partial charge in [-0.15, -0.1) is 11.6 Å². The molecule has 0 heterocycles. The van der Waals surface area contributed by atoms with Crippen molar-refractivity contribution in [1.82, 2.24) is 0 Å². The van der Waals surface area contributed by atoms with Crippen LogP contribution in [-0.4, -0.2) is 18.9 Å². The van der Waals surface area contributed by atoms with Gasteiger partial charge in [0.15, 0.2) is 0 Å². The minimum Gasteiger partial charge on any atom is -0.495 e. The normalized spacial score (nSPS) is 9.80. The molecule has 1 aromatic rings. The van der Waals surface area contributed by atoms with E-state index in [9.17, 15) is 4.79 Å². The van der Waals surface area contributed by atoms with Crippen molar-refractivity contribution >= 4 is 39.1 Å². The Kier molecular flexibility index (Phi) is 4.91. The van der Waals surface area contributed by atoms with E-state index in [1.807, 2.05) is 6.07 Å². The Morgan fingerprint density at radius 3 is 2.93 bits per heavy atom. The molecule has 1 rings (SSSR count). The second-order valence-electron chi connectivity index (χ2n) is 2.83. The van der Waals surface area contributed by atoms with E-state index in [-0.39, 0.29) is 5.91 Å². The molecule has 15 heavy (non-hydrogen) atoms. The van der Waals surface area contributed by atoms with Crippen LogP contribution in [0.4, 0.5) is 5.69 Å². The van der Waals surface area contributed by atoms with E-state index >= 15 is 0 Å². The van der Waals surface area contributed by atoms with Gasteiger partial charge in [0, 0.05) is 16.8 Å². The lowest BCUT2D eigenvalue weighted by molar-refractivity contribution is -0.115. The highest BCUT2D eigenvalue weighted by molar-refractivity contribution is 9.10. The molecule has 0 aromatic heterocycles. The summed E-state index contributed by atoms with van der Waals surface area (Å²) < 4.78 is 6.03. The quantitative estimate of drug-likeness (QED) is 0.866. The number of carbonyl (C=O) groups is 1. The van der Waals surface area contributed by atoms with Gasteiger partial charge in [0.25, 0.3) is 0 Å². The number of carbonyl (C=O) groups excluding carboxylic acids is 1. The predicted molar refractivity (Wildman–Crippen MR) is 64.7 cm³/mol. The highest BCUT2D eigenvalue weighted by Gasteiger charge is 2.07. The molecule has 1 amide bonds. The second-order valence-corrected chi connectivity index (χ2v) is 4.13. The van der Waals surface area contributed by atoms with Crippen molar-refractivity contribution in [3.05, 3.63) is 22.7 Å². The molecule has 0 spiro atoms. The van der Waals surface area contributed by atoms with Crippen LogP contribution >= 0.6 is 27.5 Å². The maximum absolute atomic E-state index is 11.3. The van der Waals surface area contributed by atoms with E-state index in [0.717, 1.165) is 4.47 Å². The highest BCUT2D eigenvalue weighted by Crippen LogP contribution is 2.27. The summed E-state index contributed by atoms with van der Waals surface area (Å²) in [6.07, 6.45) is 0.292. The van der Waals surface area contributed by atoms with E-state index in [1.54, 1.807) is 19.2 Å². The molecule has 0 aliphatic heterocycles. The summed E-state index contributed by atoms with van der Waals surface area (Å²) >= 11 is 8.78. The van der Waals surface area contributed by atoms with Crippen molar-refractivity contribution in [2.45, 2.75) is 6.42 Å². The zero-order valence-electron chi connectivity index (χ0n) is 8.22. The van der Waals surface area contributed by atoms with E-state index < -0.39 is 0 Å². The van der Waals surface area contributed by atoms with Gasteiger partial charge in [-0.1, -0.05) is 15.9 Å². The summed E-state index contributed by atoms with van der Waals surface area (Å²) in [5.74, 6) is 0.808. The average molecular weight is 293 g/mol. The van der Waals surface area contributed by atoms with Crippen LogP contribution in [0.1, 0.15) is 6.42 Å². The Hall–Kier alpha value is -0.740. The lowest BCUT2D eigenvalue weighted by atomic mass is 10.3. The topological polar surface area (TPSA) is 38.3 Å². The molecular formula is C10H11BrClNO2. The largest absolute Gasteiger partial charge is 0.495 e. The third-order valence-electron chi connectivity index (χ3n) is 1.76. The fourth-order valence-electron chi connectivity index (χ4n) is 1.07. The van der Waals surface area contributed by atoms with Gasteiger partial charge in [0.2, 0.25) is 5.91 Å². The standard InChI is InChI=1S/C10H11BrClNO2/c1-15-9-6-7(11)2-3-8(9)13-10(14)4-5-12/h2-3,6H,4-5H2,1H3,(H,13,14). The Labute approximate surface area is 102 Å². The second kappa shape index (κ2) is 5.98. The number of benzene rings is 1. The molecule has 5 heteroatoms. The number of hydrogen-bond donors (Lipinski definition) is 1. The first-order chi connectivity index (χ1) is 7.17. The van der Waals surface area contributed by atoms with E-state index in [4.69, 9.17) is 16.3 Å². The summed E-state index contributed by atoms with van der Waals surface area (Å²) in [6.45, 7) is 0. The van der Waals surface area contributed by atoms with Crippen LogP contribution in [0.2, 0.25) is 0 Å². The van der Waals surface area contributed by atoms with Crippen molar-refractivity contribution < 1.29 is 9.53 Å². The molecule has 0 unspecified atom stereocenters. The molecule has 3 nitrogen and oxygen atoms in total. The van der Waals surface area contributed by atoms with Gasteiger partial charge in [-0.05, 0) is 18.2 Å². The van der Waals surface area contributed by atoms with Crippen molar-refractivity contribution in [2.24, 2.45) is 0 Å². The van der Waals surface area contributed by atoms with Gasteiger partial charge in [0.05, 0.1) is 12.8 Å². The third-order valence-corrected chi connectivity index (χ3v) is 2.44. The molecule has 0 saturated heterocycles. The molecular weight excluding hydrogens is 281 g/mol. The van der Waals surface area contributed by atoms with E-state index in [1.165, 1.54) is 0 Å². The van der Waals surface area contributed by atoms with Gasteiger partial charge < -0.3 is 10.1 Å². The van der Waals surface area contributed by atoms with Gasteiger partial charge in [-0.25, -0.2) is 0 Å². The maximum Gasteiger partial charge on any atom is 0.225 e. The number of anilines is 1. The molecule has 0 aliphatic rings. The Balaban J connectivity index is 2.80. The molecule has 1 aromatic carbocycles. The number of amides is 1. The van der Waals surface area contributed by atoms with Crippen molar-refractivity contribution in [2.75, 3.05) is 18.3 Å². The lowest BCUT2D eigenvalue weighted by Gasteiger charge is -2.09. The van der Waals surface area contributed by atoms with Gasteiger partial charge in [0.1, 0.15) is 5.75 Å². The molecule has 0 saturated carbocycles. The minimum atomic E-state index is -0.120. The highest BCUT2D eigenvalue weighted by atomic mass is 79.9. The van der Waals surface area contributed by atoms with Gasteiger partial charge in [-0.2, -0.15) is 0 Å². The van der Waals surface area contributed by atoms with Crippen LogP contribution < -0.4 is 10.1 Å². The van der Waals surface area contributed by atoms with Gasteiger partial charge in [-0.3, -0.25) is 4.79 Å². The van der Waals surface area contributed by atoms with Gasteiger partial charge >= 0.3 is 0 Å². The van der Waals surface area contributed by atoms with E-state index in [0.29, 0.717) is 23.7 Å². The summed E-state index contributed by atoms with van der Waals surface area (Å²) in [6, 6.07) is 5.39. The third kappa shape index (κ3) is 3.72. The summed E-state index contributed by atoms with van der Waals surface area (Å²) in [5, 5.41) is 2.72. The smallest absolute Gasteiger partial charge is 0.225 e. The molecule has 0 atom stereocenters. The monoisotopic (exact) mass is 291 g/mol. The zero-order valence-corrected chi connectivity index (χ0v) is 10.6. The summed E-state index contributed by atoms with van der Waals surface area (Å²) in [7, 11) is 1.55. The van der Waals surface area contributed by atoms with Crippen molar-refractivity contribution in [3.8, 4) is 5.75 Å². The fraction of sp³-hybridized carbons (Fsp3) is 0.300. The van der Waals surface area contributed by atoms with Crippen LogP contribution in [0.3, 0.4) is 0 Å². The molecule has 1 N–H and O–H groups in total. The van der Waals surface area contributed by atoms with Crippen LogP contribution in [0, 0.1) is 0 Å². The molecule has 0 radical (unpaired) electrons. The number of halogens is 2. The number of hydrogen-bond acceptors (Lipinski definition) is 2. The lowest BCUT2D eigenvalue weighted by Crippen LogP contribution is -2.12. The van der Waals surface area contributed by atoms with E-state index in [2.05, 4.69) is 21.2 Å². The van der Waals surface area contributed by atoms with Crippen LogP contribution in [0.15, 0.2) is 22.7 Å². The average Bonchev–Trinajstić information content (AvgIpc) is 2.21. The molecule has 0 bridgehead atoms. The van der Waals surface area contributed by atoms with Crippen LogP contribution in [0.25, 0.3) is 0 Å². The number of methoxy groups -OCH3 is 1. The SMILES string of the molecule is COc1cc(Br)ccc1NC(=O)CCCl. The summed E-state index contributed by atoms with van der Waals surface area (Å²) in [5.41, 5.74) is 0.649. The predicted octanol–water partition coefficient (Wildman–Crippen LogP) is 3.03. The molecule has 0 aliphatic carbocycles. The molecule has 0 fully saturated rings. The Bertz CT molecular complexity index is 357. The number of nitrogens with one attached hydrogen (secondary N) is 1. The Morgan fingerprint density at radius 1 is 1.60 bits per heavy atom. The molecule has 82 valence electrons. The number of alkyl halides is 1. The number of rotatable bonds is 4. The van der Waals surface area contributed by atoms with Crippen molar-refractivity contribution in [1.29, 1.82) is 0 Å².